The van der Waals surface area contributed by atoms with Gasteiger partial charge in [0.05, 0.1) is 40.9 Å². The third kappa shape index (κ3) is 6.08. The van der Waals surface area contributed by atoms with Crippen LogP contribution in [0.4, 0.5) is 11.4 Å². The molecule has 10 nitrogen and oxygen atoms in total. The second-order valence-electron chi connectivity index (χ2n) is 11.0. The van der Waals surface area contributed by atoms with Crippen molar-refractivity contribution in [3.05, 3.63) is 104 Å². The molecule has 0 saturated carbocycles. The van der Waals surface area contributed by atoms with Crippen molar-refractivity contribution in [1.29, 1.82) is 0 Å². The zero-order valence-corrected chi connectivity index (χ0v) is 25.6. The van der Waals surface area contributed by atoms with Gasteiger partial charge in [0.2, 0.25) is 11.8 Å². The molecule has 0 unspecified atom stereocenters. The largest absolute Gasteiger partial charge is 0.507 e. The van der Waals surface area contributed by atoms with E-state index in [1.165, 1.54) is 24.3 Å². The SMILES string of the molecule is CCC1=C([C@H](O)CC/C(=C/c2cc(Br)ccc2O)c2ccccn2)[C@H](CO)[C@@H]2C(=O)N(c3cccc([N+](=O)[O-])c3)C(=O)[C@@H]2C1. The van der Waals surface area contributed by atoms with Crippen LogP contribution in [0.2, 0.25) is 0 Å². The lowest BCUT2D eigenvalue weighted by atomic mass is 9.67. The van der Waals surface area contributed by atoms with E-state index in [1.807, 2.05) is 25.1 Å². The van der Waals surface area contributed by atoms with Crippen LogP contribution in [0.1, 0.15) is 43.9 Å². The average Bonchev–Trinajstić information content (AvgIpc) is 3.28. The maximum Gasteiger partial charge on any atom is 0.271 e. The summed E-state index contributed by atoms with van der Waals surface area (Å²) in [7, 11) is 0. The number of non-ortho nitro benzene ring substituents is 1. The van der Waals surface area contributed by atoms with Gasteiger partial charge in [-0.05, 0) is 79.3 Å². The Bertz CT molecular complexity index is 1660. The molecule has 2 amide bonds. The minimum absolute atomic E-state index is 0.0922. The van der Waals surface area contributed by atoms with Crippen LogP contribution in [0.3, 0.4) is 0 Å². The number of nitro groups is 1. The molecule has 2 heterocycles. The molecule has 11 heteroatoms. The van der Waals surface area contributed by atoms with Gasteiger partial charge in [-0.15, -0.1) is 0 Å². The Morgan fingerprint density at radius 1 is 1.16 bits per heavy atom. The van der Waals surface area contributed by atoms with Crippen LogP contribution in [0.25, 0.3) is 11.6 Å². The molecule has 1 aliphatic heterocycles. The number of aromatic hydroxyl groups is 1. The van der Waals surface area contributed by atoms with E-state index < -0.39 is 47.2 Å². The lowest BCUT2D eigenvalue weighted by Gasteiger charge is -2.36. The van der Waals surface area contributed by atoms with Crippen molar-refractivity contribution in [2.24, 2.45) is 17.8 Å². The summed E-state index contributed by atoms with van der Waals surface area (Å²) >= 11 is 3.44. The maximum absolute atomic E-state index is 13.8. The summed E-state index contributed by atoms with van der Waals surface area (Å²) in [5, 5.41) is 44.0. The summed E-state index contributed by atoms with van der Waals surface area (Å²) in [6, 6.07) is 16.0. The number of fused-ring (bicyclic) bond motifs is 1. The number of pyridine rings is 1. The summed E-state index contributed by atoms with van der Waals surface area (Å²) in [5.41, 5.74) is 3.27. The number of nitrogens with zero attached hydrogens (tertiary/aromatic N) is 3. The molecule has 3 aromatic rings. The number of anilines is 1. The number of halogens is 1. The van der Waals surface area contributed by atoms with Gasteiger partial charge in [0, 0.05) is 34.3 Å². The number of amides is 2. The fraction of sp³-hybridized carbons (Fsp3) is 0.303. The van der Waals surface area contributed by atoms with Gasteiger partial charge in [-0.3, -0.25) is 24.7 Å². The monoisotopic (exact) mass is 661 g/mol. The molecule has 0 bridgehead atoms. The van der Waals surface area contributed by atoms with Crippen molar-refractivity contribution < 1.29 is 29.8 Å². The number of carbonyl (C=O) groups excluding carboxylic acids is 2. The summed E-state index contributed by atoms with van der Waals surface area (Å²) in [5.74, 6) is -3.36. The summed E-state index contributed by atoms with van der Waals surface area (Å²) < 4.78 is 0.789. The maximum atomic E-state index is 13.8. The Morgan fingerprint density at radius 3 is 2.64 bits per heavy atom. The molecule has 4 atom stereocenters. The van der Waals surface area contributed by atoms with E-state index >= 15 is 0 Å². The summed E-state index contributed by atoms with van der Waals surface area (Å²) in [4.78, 5) is 43.5. The molecule has 1 saturated heterocycles. The third-order valence-corrected chi connectivity index (χ3v) is 8.96. The number of hydrogen-bond donors (Lipinski definition) is 3. The van der Waals surface area contributed by atoms with Crippen molar-refractivity contribution in [3.8, 4) is 5.75 Å². The number of aliphatic hydroxyl groups excluding tert-OH is 2. The molecule has 228 valence electrons. The van der Waals surface area contributed by atoms with Crippen molar-refractivity contribution in [2.45, 2.75) is 38.7 Å². The molecule has 1 aliphatic carbocycles. The highest BCUT2D eigenvalue weighted by Crippen LogP contribution is 2.48. The van der Waals surface area contributed by atoms with Gasteiger partial charge >= 0.3 is 0 Å². The van der Waals surface area contributed by atoms with Crippen LogP contribution >= 0.6 is 15.9 Å². The van der Waals surface area contributed by atoms with Gasteiger partial charge in [0.1, 0.15) is 5.75 Å². The molecule has 2 aliphatic rings. The van der Waals surface area contributed by atoms with Crippen LogP contribution in [0, 0.1) is 27.9 Å². The molecule has 5 rings (SSSR count). The molecule has 3 N–H and O–H groups in total. The van der Waals surface area contributed by atoms with Crippen LogP contribution in [-0.2, 0) is 9.59 Å². The molecule has 2 aromatic carbocycles. The number of phenolic OH excluding ortho intramolecular Hbond substituents is 1. The van der Waals surface area contributed by atoms with Crippen LogP contribution in [0.15, 0.2) is 82.5 Å². The van der Waals surface area contributed by atoms with E-state index in [9.17, 15) is 35.0 Å². The lowest BCUT2D eigenvalue weighted by Crippen LogP contribution is -2.39. The van der Waals surface area contributed by atoms with E-state index in [2.05, 4.69) is 20.9 Å². The topological polar surface area (TPSA) is 154 Å². The lowest BCUT2D eigenvalue weighted by molar-refractivity contribution is -0.384. The number of imide groups is 1. The fourth-order valence-electron chi connectivity index (χ4n) is 6.40. The second kappa shape index (κ2) is 13.2. The number of benzene rings is 2. The molecule has 1 aromatic heterocycles. The van der Waals surface area contributed by atoms with Gasteiger partial charge in [0.25, 0.3) is 5.69 Å². The van der Waals surface area contributed by atoms with Gasteiger partial charge < -0.3 is 15.3 Å². The number of nitro benzene ring substituents is 1. The first kappa shape index (κ1) is 31.2. The van der Waals surface area contributed by atoms with Gasteiger partial charge in [0.15, 0.2) is 0 Å². The van der Waals surface area contributed by atoms with E-state index in [0.29, 0.717) is 29.7 Å². The van der Waals surface area contributed by atoms with E-state index in [1.54, 1.807) is 30.5 Å². The predicted molar refractivity (Wildman–Crippen MR) is 168 cm³/mol. The normalized spacial score (nSPS) is 21.0. The van der Waals surface area contributed by atoms with Crippen LogP contribution in [0.5, 0.6) is 5.75 Å². The van der Waals surface area contributed by atoms with Gasteiger partial charge in [-0.25, -0.2) is 4.90 Å². The highest BCUT2D eigenvalue weighted by molar-refractivity contribution is 9.10. The van der Waals surface area contributed by atoms with E-state index in [0.717, 1.165) is 20.5 Å². The Kier molecular flexibility index (Phi) is 9.38. The molecule has 1 fully saturated rings. The molecule has 0 spiro atoms. The highest BCUT2D eigenvalue weighted by Gasteiger charge is 2.55. The van der Waals surface area contributed by atoms with E-state index in [-0.39, 0.29) is 30.0 Å². The Hall–Kier alpha value is -4.19. The number of aliphatic hydroxyl groups is 2. The van der Waals surface area contributed by atoms with Gasteiger partial charge in [-0.2, -0.15) is 0 Å². The van der Waals surface area contributed by atoms with Crippen molar-refractivity contribution in [2.75, 3.05) is 11.5 Å². The molecule has 0 radical (unpaired) electrons. The average molecular weight is 663 g/mol. The summed E-state index contributed by atoms with van der Waals surface area (Å²) in [6.45, 7) is 1.46. The molecule has 44 heavy (non-hydrogen) atoms. The first-order chi connectivity index (χ1) is 21.1. The Balaban J connectivity index is 1.44. The Morgan fingerprint density at radius 2 is 1.95 bits per heavy atom. The predicted octanol–water partition coefficient (Wildman–Crippen LogP) is 5.66. The highest BCUT2D eigenvalue weighted by atomic mass is 79.9. The number of aromatic nitrogens is 1. The quantitative estimate of drug-likeness (QED) is 0.109. The van der Waals surface area contributed by atoms with Crippen molar-refractivity contribution >= 4 is 50.8 Å². The number of hydrogen-bond acceptors (Lipinski definition) is 8. The second-order valence-corrected chi connectivity index (χ2v) is 11.9. The number of carbonyl (C=O) groups is 2. The first-order valence-corrected chi connectivity index (χ1v) is 15.2. The van der Waals surface area contributed by atoms with Gasteiger partial charge in [-0.1, -0.05) is 40.6 Å². The summed E-state index contributed by atoms with van der Waals surface area (Å²) in [6.07, 6.45) is 3.82. The van der Waals surface area contributed by atoms with E-state index in [4.69, 9.17) is 0 Å². The number of phenols is 1. The van der Waals surface area contributed by atoms with Crippen LogP contribution < -0.4 is 4.90 Å². The van der Waals surface area contributed by atoms with Crippen molar-refractivity contribution in [3.63, 3.8) is 0 Å². The molecular weight excluding hydrogens is 630 g/mol. The number of rotatable bonds is 10. The zero-order valence-electron chi connectivity index (χ0n) is 24.0. The number of allylic oxidation sites excluding steroid dienone is 2. The Labute approximate surface area is 262 Å². The fourth-order valence-corrected chi connectivity index (χ4v) is 6.78. The smallest absolute Gasteiger partial charge is 0.271 e. The third-order valence-electron chi connectivity index (χ3n) is 8.47. The molecular formula is C33H32BrN3O7. The van der Waals surface area contributed by atoms with Crippen LogP contribution in [-0.4, -0.2) is 49.8 Å². The zero-order chi connectivity index (χ0) is 31.5. The first-order valence-electron chi connectivity index (χ1n) is 14.4. The minimum Gasteiger partial charge on any atom is -0.507 e. The van der Waals surface area contributed by atoms with Crippen molar-refractivity contribution in [1.82, 2.24) is 4.98 Å². The minimum atomic E-state index is -1.03. The standard InChI is InChI=1S/C33H32BrN3O7/c1-2-19-16-25-31(33(42)36(32(25)41)23-6-5-7-24(17-23)37(43)44)26(18-38)30(19)29(40)11-9-20(27-8-3-4-13-35-27)14-21-15-22(34)10-12-28(21)39/h3-8,10,12-15,17,25-26,29,31,38-40H,2,9,11,16,18H2,1H3/b20-14-/t25-,26+,29-,31-/m1/s1.